The van der Waals surface area contributed by atoms with Gasteiger partial charge in [-0.05, 0) is 38.1 Å². The zero-order valence-corrected chi connectivity index (χ0v) is 10.0. The quantitative estimate of drug-likeness (QED) is 0.725. The lowest BCUT2D eigenvalue weighted by molar-refractivity contribution is -0.144. The summed E-state index contributed by atoms with van der Waals surface area (Å²) >= 11 is 0. The van der Waals surface area contributed by atoms with Gasteiger partial charge in [0.2, 0.25) is 5.91 Å². The van der Waals surface area contributed by atoms with Gasteiger partial charge in [-0.1, -0.05) is 0 Å². The summed E-state index contributed by atoms with van der Waals surface area (Å²) in [6.45, 7) is 2.47. The van der Waals surface area contributed by atoms with Crippen LogP contribution in [0, 0.1) is 11.8 Å². The Morgan fingerprint density at radius 3 is 2.71 bits per heavy atom. The van der Waals surface area contributed by atoms with Gasteiger partial charge in [0, 0.05) is 13.1 Å². The molecule has 1 heterocycles. The number of rotatable bonds is 5. The topological polar surface area (TPSA) is 69.6 Å². The molecule has 0 bridgehead atoms. The fraction of sp³-hybridized carbons (Fsp3) is 0.833. The van der Waals surface area contributed by atoms with Crippen molar-refractivity contribution in [1.82, 2.24) is 10.2 Å². The lowest BCUT2D eigenvalue weighted by Gasteiger charge is -2.29. The van der Waals surface area contributed by atoms with Crippen LogP contribution in [-0.4, -0.2) is 48.1 Å². The number of carboxylic acid groups (broad SMARTS) is 1. The van der Waals surface area contributed by atoms with Crippen LogP contribution in [0.4, 0.5) is 0 Å². The van der Waals surface area contributed by atoms with Gasteiger partial charge >= 0.3 is 5.97 Å². The minimum atomic E-state index is -0.743. The Morgan fingerprint density at radius 1 is 1.29 bits per heavy atom. The van der Waals surface area contributed by atoms with E-state index in [9.17, 15) is 9.59 Å². The molecular formula is C12H20N2O3. The number of piperidine rings is 1. The summed E-state index contributed by atoms with van der Waals surface area (Å²) in [5.41, 5.74) is 0. The second-order valence-electron chi connectivity index (χ2n) is 5.16. The van der Waals surface area contributed by atoms with Gasteiger partial charge in [-0.3, -0.25) is 14.5 Å². The highest BCUT2D eigenvalue weighted by Gasteiger charge is 2.27. The smallest absolute Gasteiger partial charge is 0.307 e. The van der Waals surface area contributed by atoms with Crippen LogP contribution >= 0.6 is 0 Å². The zero-order valence-electron chi connectivity index (χ0n) is 10.0. The highest BCUT2D eigenvalue weighted by Crippen LogP contribution is 2.27. The first-order valence-corrected chi connectivity index (χ1v) is 6.37. The van der Waals surface area contributed by atoms with Gasteiger partial charge in [0.25, 0.3) is 0 Å². The molecule has 1 amide bonds. The van der Waals surface area contributed by atoms with Crippen molar-refractivity contribution in [1.29, 1.82) is 0 Å². The van der Waals surface area contributed by atoms with Gasteiger partial charge in [0.15, 0.2) is 0 Å². The van der Waals surface area contributed by atoms with Gasteiger partial charge in [0.1, 0.15) is 0 Å². The van der Waals surface area contributed by atoms with Crippen LogP contribution in [0.1, 0.15) is 25.7 Å². The summed E-state index contributed by atoms with van der Waals surface area (Å²) in [4.78, 5) is 24.5. The molecule has 5 nitrogen and oxygen atoms in total. The Kier molecular flexibility index (Phi) is 3.99. The second-order valence-corrected chi connectivity index (χ2v) is 5.16. The number of hydrogen-bond donors (Lipinski definition) is 2. The lowest BCUT2D eigenvalue weighted by atomic mass is 9.98. The van der Waals surface area contributed by atoms with E-state index in [0.717, 1.165) is 25.9 Å². The molecule has 0 spiro atoms. The molecule has 2 N–H and O–H groups in total. The first-order chi connectivity index (χ1) is 8.15. The van der Waals surface area contributed by atoms with Crippen LogP contribution in [0.5, 0.6) is 0 Å². The van der Waals surface area contributed by atoms with Crippen LogP contribution in [0.15, 0.2) is 0 Å². The van der Waals surface area contributed by atoms with Crippen molar-refractivity contribution >= 4 is 11.9 Å². The van der Waals surface area contributed by atoms with Crippen LogP contribution in [0.25, 0.3) is 0 Å². The first kappa shape index (κ1) is 12.4. The fourth-order valence-corrected chi connectivity index (χ4v) is 2.24. The Labute approximate surface area is 101 Å². The predicted octanol–water partition coefficient (Wildman–Crippen LogP) is 0.309. The molecule has 0 radical (unpaired) electrons. The van der Waals surface area contributed by atoms with E-state index in [1.165, 1.54) is 12.8 Å². The van der Waals surface area contributed by atoms with Crippen LogP contribution < -0.4 is 5.32 Å². The number of likely N-dealkylation sites (tertiary alicyclic amines) is 1. The zero-order chi connectivity index (χ0) is 12.3. The maximum atomic E-state index is 11.6. The van der Waals surface area contributed by atoms with Gasteiger partial charge in [-0.15, -0.1) is 0 Å². The predicted molar refractivity (Wildman–Crippen MR) is 62.5 cm³/mol. The van der Waals surface area contributed by atoms with Gasteiger partial charge in [-0.25, -0.2) is 0 Å². The number of carbonyl (C=O) groups excluding carboxylic acids is 1. The Hall–Kier alpha value is -1.10. The van der Waals surface area contributed by atoms with Gasteiger partial charge in [0.05, 0.1) is 12.5 Å². The number of nitrogens with zero attached hydrogens (tertiary/aromatic N) is 1. The van der Waals surface area contributed by atoms with E-state index >= 15 is 0 Å². The van der Waals surface area contributed by atoms with Gasteiger partial charge < -0.3 is 10.4 Å². The molecule has 0 aromatic rings. The van der Waals surface area contributed by atoms with E-state index in [-0.39, 0.29) is 11.8 Å². The van der Waals surface area contributed by atoms with Gasteiger partial charge in [-0.2, -0.15) is 0 Å². The lowest BCUT2D eigenvalue weighted by Crippen LogP contribution is -2.44. The molecule has 1 aliphatic heterocycles. The van der Waals surface area contributed by atoms with Crippen molar-refractivity contribution in [3.63, 3.8) is 0 Å². The number of amides is 1. The number of aliphatic carboxylic acids is 1. The molecule has 96 valence electrons. The van der Waals surface area contributed by atoms with Crippen molar-refractivity contribution in [3.05, 3.63) is 0 Å². The standard InChI is InChI=1S/C12H20N2O3/c15-11(13-6-9-3-4-9)8-14-5-1-2-10(7-14)12(16)17/h9-10H,1-8H2,(H,13,15)(H,16,17). The van der Waals surface area contributed by atoms with E-state index in [2.05, 4.69) is 5.32 Å². The molecule has 1 atom stereocenters. The summed E-state index contributed by atoms with van der Waals surface area (Å²) < 4.78 is 0. The summed E-state index contributed by atoms with van der Waals surface area (Å²) in [6, 6.07) is 0. The maximum Gasteiger partial charge on any atom is 0.307 e. The number of carboxylic acids is 1. The third-order valence-electron chi connectivity index (χ3n) is 3.51. The third-order valence-corrected chi connectivity index (χ3v) is 3.51. The molecule has 17 heavy (non-hydrogen) atoms. The van der Waals surface area contributed by atoms with E-state index in [0.29, 0.717) is 19.0 Å². The van der Waals surface area contributed by atoms with Crippen LogP contribution in [-0.2, 0) is 9.59 Å². The molecule has 2 aliphatic rings. The fourth-order valence-electron chi connectivity index (χ4n) is 2.24. The summed E-state index contributed by atoms with van der Waals surface area (Å²) in [7, 11) is 0. The molecule has 1 aliphatic carbocycles. The third kappa shape index (κ3) is 4.00. The van der Waals surface area contributed by atoms with Crippen molar-refractivity contribution in [2.45, 2.75) is 25.7 Å². The average Bonchev–Trinajstić information content (AvgIpc) is 3.10. The SMILES string of the molecule is O=C(CN1CCCC(C(=O)O)C1)NCC1CC1. The normalized spacial score (nSPS) is 25.5. The van der Waals surface area contributed by atoms with Crippen LogP contribution in [0.2, 0.25) is 0 Å². The largest absolute Gasteiger partial charge is 0.481 e. The maximum absolute atomic E-state index is 11.6. The van der Waals surface area contributed by atoms with Crippen molar-refractivity contribution in [2.24, 2.45) is 11.8 Å². The number of nitrogens with one attached hydrogen (secondary N) is 1. The minimum Gasteiger partial charge on any atom is -0.481 e. The molecule has 0 aromatic heterocycles. The molecule has 1 saturated heterocycles. The molecule has 0 aromatic carbocycles. The van der Waals surface area contributed by atoms with Crippen molar-refractivity contribution < 1.29 is 14.7 Å². The van der Waals surface area contributed by atoms with E-state index < -0.39 is 5.97 Å². The molecule has 1 unspecified atom stereocenters. The Morgan fingerprint density at radius 2 is 2.06 bits per heavy atom. The van der Waals surface area contributed by atoms with Crippen molar-refractivity contribution in [2.75, 3.05) is 26.2 Å². The first-order valence-electron chi connectivity index (χ1n) is 6.37. The highest BCUT2D eigenvalue weighted by atomic mass is 16.4. The number of hydrogen-bond acceptors (Lipinski definition) is 3. The molecular weight excluding hydrogens is 220 g/mol. The molecule has 2 rings (SSSR count). The summed E-state index contributed by atoms with van der Waals surface area (Å²) in [6.07, 6.45) is 4.05. The highest BCUT2D eigenvalue weighted by molar-refractivity contribution is 5.78. The summed E-state index contributed by atoms with van der Waals surface area (Å²) in [5, 5.41) is 11.9. The van der Waals surface area contributed by atoms with E-state index in [4.69, 9.17) is 5.11 Å². The molecule has 2 fully saturated rings. The Balaban J connectivity index is 1.69. The average molecular weight is 240 g/mol. The van der Waals surface area contributed by atoms with E-state index in [1.807, 2.05) is 4.90 Å². The molecule has 1 saturated carbocycles. The van der Waals surface area contributed by atoms with E-state index in [1.54, 1.807) is 0 Å². The summed E-state index contributed by atoms with van der Waals surface area (Å²) in [5.74, 6) is -0.330. The molecule has 5 heteroatoms. The number of carbonyl (C=O) groups is 2. The Bertz CT molecular complexity index is 302. The van der Waals surface area contributed by atoms with Crippen LogP contribution in [0.3, 0.4) is 0 Å². The monoisotopic (exact) mass is 240 g/mol. The van der Waals surface area contributed by atoms with Crippen molar-refractivity contribution in [3.8, 4) is 0 Å². The minimum absolute atomic E-state index is 0.0305. The second kappa shape index (κ2) is 5.49.